The van der Waals surface area contributed by atoms with Gasteiger partial charge in [-0.2, -0.15) is 0 Å². The van der Waals surface area contributed by atoms with Gasteiger partial charge in [0.15, 0.2) is 6.10 Å². The number of primary amides is 1. The maximum absolute atomic E-state index is 11.2. The molecule has 0 fully saturated rings. The van der Waals surface area contributed by atoms with Crippen LogP contribution in [0, 0.1) is 5.41 Å². The number of hydrogen-bond donors (Lipinski definition) is 5. The van der Waals surface area contributed by atoms with Crippen LogP contribution in [0.15, 0.2) is 0 Å². The highest BCUT2D eigenvalue weighted by atomic mass is 16.4. The van der Waals surface area contributed by atoms with Crippen molar-refractivity contribution in [3.63, 3.8) is 0 Å². The first-order chi connectivity index (χ1) is 7.66. The number of carbonyl (C=O) groups excluding carboxylic acids is 2. The van der Waals surface area contributed by atoms with Crippen molar-refractivity contribution in [1.29, 1.82) is 0 Å². The number of urea groups is 1. The second-order valence-corrected chi connectivity index (χ2v) is 4.17. The van der Waals surface area contributed by atoms with Crippen LogP contribution in [0.2, 0.25) is 0 Å². The molecule has 1 atom stereocenters. The Morgan fingerprint density at radius 3 is 2.24 bits per heavy atom. The van der Waals surface area contributed by atoms with Crippen LogP contribution >= 0.6 is 0 Å². The zero-order chi connectivity index (χ0) is 13.6. The van der Waals surface area contributed by atoms with Crippen LogP contribution in [0.5, 0.6) is 0 Å². The lowest BCUT2D eigenvalue weighted by Crippen LogP contribution is -2.47. The Kier molecular flexibility index (Phi) is 5.39. The molecule has 0 saturated heterocycles. The quantitative estimate of drug-likeness (QED) is 0.378. The zero-order valence-corrected chi connectivity index (χ0v) is 9.69. The Morgan fingerprint density at radius 2 is 1.82 bits per heavy atom. The van der Waals surface area contributed by atoms with E-state index in [1.807, 2.05) is 0 Å². The van der Waals surface area contributed by atoms with Crippen molar-refractivity contribution in [2.75, 3.05) is 13.1 Å². The van der Waals surface area contributed by atoms with Gasteiger partial charge in [-0.05, 0) is 13.8 Å². The zero-order valence-electron chi connectivity index (χ0n) is 9.69. The first-order valence-corrected chi connectivity index (χ1v) is 4.89. The largest absolute Gasteiger partial charge is 0.479 e. The molecule has 8 heteroatoms. The van der Waals surface area contributed by atoms with Gasteiger partial charge in [0.25, 0.3) is 0 Å². The fraction of sp³-hybridized carbons (Fsp3) is 0.667. The minimum atomic E-state index is -1.66. The third kappa shape index (κ3) is 5.71. The molecule has 0 aliphatic carbocycles. The summed E-state index contributed by atoms with van der Waals surface area (Å²) in [5.41, 5.74) is 4.19. The van der Waals surface area contributed by atoms with E-state index in [4.69, 9.17) is 15.9 Å². The number of nitrogens with one attached hydrogen (secondary N) is 2. The summed E-state index contributed by atoms with van der Waals surface area (Å²) >= 11 is 0. The number of aliphatic carboxylic acids is 1. The standard InChI is InChI=1S/C9H17N3O5/c1-9(2,7(10)16)4-12-8(17)11-3-5(13)6(14)15/h5,13H,3-4H2,1-2H3,(H2,10,16)(H,14,15)(H2,11,12,17). The van der Waals surface area contributed by atoms with E-state index in [0.29, 0.717) is 0 Å². The lowest BCUT2D eigenvalue weighted by Gasteiger charge is -2.20. The Hall–Kier alpha value is -1.83. The maximum Gasteiger partial charge on any atom is 0.334 e. The molecule has 0 rings (SSSR count). The Morgan fingerprint density at radius 1 is 1.29 bits per heavy atom. The van der Waals surface area contributed by atoms with Crippen LogP contribution in [0.1, 0.15) is 13.8 Å². The second-order valence-electron chi connectivity index (χ2n) is 4.17. The number of amides is 3. The first kappa shape index (κ1) is 15.2. The minimum Gasteiger partial charge on any atom is -0.479 e. The van der Waals surface area contributed by atoms with E-state index >= 15 is 0 Å². The molecule has 1 unspecified atom stereocenters. The molecule has 6 N–H and O–H groups in total. The van der Waals surface area contributed by atoms with Crippen molar-refractivity contribution in [3.8, 4) is 0 Å². The van der Waals surface area contributed by atoms with Gasteiger partial charge in [0.2, 0.25) is 5.91 Å². The van der Waals surface area contributed by atoms with Gasteiger partial charge >= 0.3 is 12.0 Å². The molecule has 0 aromatic rings. The molecule has 0 radical (unpaired) electrons. The number of rotatable bonds is 6. The highest BCUT2D eigenvalue weighted by molar-refractivity contribution is 5.81. The highest BCUT2D eigenvalue weighted by Crippen LogP contribution is 2.11. The molecular formula is C9H17N3O5. The summed E-state index contributed by atoms with van der Waals surface area (Å²) in [6, 6.07) is -0.681. The van der Waals surface area contributed by atoms with Crippen LogP contribution in [0.25, 0.3) is 0 Å². The average molecular weight is 247 g/mol. The lowest BCUT2D eigenvalue weighted by atomic mass is 9.93. The number of hydrogen-bond acceptors (Lipinski definition) is 4. The fourth-order valence-corrected chi connectivity index (χ4v) is 0.728. The second kappa shape index (κ2) is 6.04. The molecule has 0 spiro atoms. The molecule has 3 amide bonds. The number of carboxylic acid groups (broad SMARTS) is 1. The van der Waals surface area contributed by atoms with Crippen LogP contribution in [0.3, 0.4) is 0 Å². The average Bonchev–Trinajstić information content (AvgIpc) is 2.22. The van der Waals surface area contributed by atoms with Crippen molar-refractivity contribution in [3.05, 3.63) is 0 Å². The van der Waals surface area contributed by atoms with E-state index in [2.05, 4.69) is 10.6 Å². The van der Waals surface area contributed by atoms with Crippen LogP contribution in [-0.4, -0.2) is 47.3 Å². The number of carbonyl (C=O) groups is 3. The van der Waals surface area contributed by atoms with Gasteiger partial charge in [0.1, 0.15) is 0 Å². The minimum absolute atomic E-state index is 0.0112. The van der Waals surface area contributed by atoms with E-state index in [-0.39, 0.29) is 6.54 Å². The van der Waals surface area contributed by atoms with Crippen molar-refractivity contribution < 1.29 is 24.6 Å². The van der Waals surface area contributed by atoms with Gasteiger partial charge in [0.05, 0.1) is 12.0 Å². The summed E-state index contributed by atoms with van der Waals surface area (Å²) in [6.07, 6.45) is -1.66. The predicted octanol–water partition coefficient (Wildman–Crippen LogP) is -1.76. The highest BCUT2D eigenvalue weighted by Gasteiger charge is 2.25. The van der Waals surface area contributed by atoms with Crippen molar-refractivity contribution >= 4 is 17.9 Å². The summed E-state index contributed by atoms with van der Waals surface area (Å²) in [7, 11) is 0. The van der Waals surface area contributed by atoms with Crippen molar-refractivity contribution in [2.24, 2.45) is 11.1 Å². The first-order valence-electron chi connectivity index (χ1n) is 4.89. The van der Waals surface area contributed by atoms with E-state index in [0.717, 1.165) is 0 Å². The van der Waals surface area contributed by atoms with Crippen molar-refractivity contribution in [2.45, 2.75) is 20.0 Å². The predicted molar refractivity (Wildman–Crippen MR) is 58.0 cm³/mol. The molecule has 0 saturated carbocycles. The summed E-state index contributed by atoms with van der Waals surface area (Å²) in [5, 5.41) is 21.7. The molecule has 98 valence electrons. The summed E-state index contributed by atoms with van der Waals surface area (Å²) in [6.45, 7) is 2.71. The third-order valence-corrected chi connectivity index (χ3v) is 2.10. The molecule has 0 aliphatic heterocycles. The van der Waals surface area contributed by atoms with E-state index in [9.17, 15) is 14.4 Å². The van der Waals surface area contributed by atoms with E-state index < -0.39 is 36.0 Å². The molecule has 0 aromatic heterocycles. The summed E-state index contributed by atoms with van der Waals surface area (Å²) < 4.78 is 0. The Bertz CT molecular complexity index is 316. The Labute approximate surface area is 98.2 Å². The van der Waals surface area contributed by atoms with Gasteiger partial charge < -0.3 is 26.6 Å². The molecule has 0 aliphatic rings. The fourth-order valence-electron chi connectivity index (χ4n) is 0.728. The molecule has 0 aromatic carbocycles. The molecule has 0 heterocycles. The third-order valence-electron chi connectivity index (χ3n) is 2.10. The number of carboxylic acids is 1. The topological polar surface area (TPSA) is 142 Å². The van der Waals surface area contributed by atoms with Gasteiger partial charge in [-0.25, -0.2) is 9.59 Å². The summed E-state index contributed by atoms with van der Waals surface area (Å²) in [5.74, 6) is -1.99. The maximum atomic E-state index is 11.2. The van der Waals surface area contributed by atoms with Crippen LogP contribution in [-0.2, 0) is 9.59 Å². The van der Waals surface area contributed by atoms with Gasteiger partial charge in [0, 0.05) is 6.54 Å². The lowest BCUT2D eigenvalue weighted by molar-refractivity contribution is -0.146. The SMILES string of the molecule is CC(C)(CNC(=O)NCC(O)C(=O)O)C(N)=O. The normalized spacial score (nSPS) is 12.6. The summed E-state index contributed by atoms with van der Waals surface area (Å²) in [4.78, 5) is 32.3. The number of aliphatic hydroxyl groups is 1. The van der Waals surface area contributed by atoms with Crippen molar-refractivity contribution in [1.82, 2.24) is 10.6 Å². The van der Waals surface area contributed by atoms with Gasteiger partial charge in [-0.15, -0.1) is 0 Å². The molecule has 0 bridgehead atoms. The van der Waals surface area contributed by atoms with Crippen LogP contribution in [0.4, 0.5) is 4.79 Å². The molecule has 17 heavy (non-hydrogen) atoms. The van der Waals surface area contributed by atoms with Crippen LogP contribution < -0.4 is 16.4 Å². The Balaban J connectivity index is 3.97. The molecular weight excluding hydrogens is 230 g/mol. The molecule has 8 nitrogen and oxygen atoms in total. The number of aliphatic hydroxyl groups excluding tert-OH is 1. The smallest absolute Gasteiger partial charge is 0.334 e. The van der Waals surface area contributed by atoms with E-state index in [1.165, 1.54) is 0 Å². The van der Waals surface area contributed by atoms with Gasteiger partial charge in [-0.3, -0.25) is 4.79 Å². The monoisotopic (exact) mass is 247 g/mol. The van der Waals surface area contributed by atoms with Gasteiger partial charge in [-0.1, -0.05) is 0 Å². The van der Waals surface area contributed by atoms with E-state index in [1.54, 1.807) is 13.8 Å². The number of nitrogens with two attached hydrogens (primary N) is 1.